The zero-order chi connectivity index (χ0) is 20.5. The Balaban J connectivity index is 1.84. The van der Waals surface area contributed by atoms with Crippen molar-refractivity contribution in [2.75, 3.05) is 12.4 Å². The summed E-state index contributed by atoms with van der Waals surface area (Å²) in [6.07, 6.45) is 4.54. The molecule has 1 aliphatic rings. The number of nitrogens with one attached hydrogen (secondary N) is 1. The van der Waals surface area contributed by atoms with Gasteiger partial charge in [-0.3, -0.25) is 15.1 Å². The Morgan fingerprint density at radius 3 is 2.48 bits per heavy atom. The number of carbonyl (C=O) groups excluding carboxylic acids is 1. The maximum absolute atomic E-state index is 13.5. The van der Waals surface area contributed by atoms with Gasteiger partial charge in [-0.25, -0.2) is 9.37 Å². The molecule has 4 rings (SSSR count). The van der Waals surface area contributed by atoms with Gasteiger partial charge in [0.1, 0.15) is 11.6 Å². The van der Waals surface area contributed by atoms with Gasteiger partial charge in [0, 0.05) is 30.1 Å². The Labute approximate surface area is 167 Å². The van der Waals surface area contributed by atoms with Crippen molar-refractivity contribution in [2.24, 2.45) is 5.73 Å². The van der Waals surface area contributed by atoms with E-state index >= 15 is 0 Å². The minimum atomic E-state index is -0.442. The van der Waals surface area contributed by atoms with Crippen LogP contribution in [0.2, 0.25) is 0 Å². The van der Waals surface area contributed by atoms with Crippen molar-refractivity contribution in [3.8, 4) is 22.5 Å². The van der Waals surface area contributed by atoms with Crippen LogP contribution in [-0.2, 0) is 4.79 Å². The molecule has 2 heterocycles. The first kappa shape index (κ1) is 18.6. The number of nitrogens with two attached hydrogens (primary N) is 1. The number of imidazole rings is 1. The van der Waals surface area contributed by atoms with E-state index in [4.69, 9.17) is 10.7 Å². The molecule has 1 unspecified atom stereocenters. The van der Waals surface area contributed by atoms with Gasteiger partial charge in [0.05, 0.1) is 11.4 Å². The zero-order valence-electron chi connectivity index (χ0n) is 15.8. The molecule has 0 saturated heterocycles. The van der Waals surface area contributed by atoms with Crippen LogP contribution in [0.4, 0.5) is 10.1 Å². The summed E-state index contributed by atoms with van der Waals surface area (Å²) < 4.78 is 15.4. The molecule has 0 fully saturated rings. The Hall–Kier alpha value is -3.71. The van der Waals surface area contributed by atoms with E-state index in [0.717, 1.165) is 22.5 Å². The molecule has 1 atom stereocenters. The number of carbonyl (C=O) groups is 1. The third kappa shape index (κ3) is 3.43. The first-order valence-corrected chi connectivity index (χ1v) is 9.05. The van der Waals surface area contributed by atoms with E-state index in [1.807, 2.05) is 40.9 Å². The summed E-state index contributed by atoms with van der Waals surface area (Å²) in [5, 5.41) is 2.72. The lowest BCUT2D eigenvalue weighted by Gasteiger charge is -2.30. The van der Waals surface area contributed by atoms with E-state index in [2.05, 4.69) is 11.9 Å². The van der Waals surface area contributed by atoms with Crippen LogP contribution < -0.4 is 11.1 Å². The molecule has 1 aliphatic heterocycles. The highest BCUT2D eigenvalue weighted by Gasteiger charge is 2.26. The van der Waals surface area contributed by atoms with Crippen molar-refractivity contribution in [1.29, 1.82) is 0 Å². The SMILES string of the molecule is C=CC(=O)Nc1ccc(-c2nc3n(c2-c2ccc(F)cc2)C(N)N(C)C=C3)cc1. The number of halogens is 1. The van der Waals surface area contributed by atoms with Gasteiger partial charge in [-0.15, -0.1) is 0 Å². The van der Waals surface area contributed by atoms with Gasteiger partial charge in [-0.1, -0.05) is 18.7 Å². The van der Waals surface area contributed by atoms with Crippen LogP contribution >= 0.6 is 0 Å². The van der Waals surface area contributed by atoms with Gasteiger partial charge in [-0.05, 0) is 48.6 Å². The molecular weight excluding hydrogens is 369 g/mol. The minimum Gasteiger partial charge on any atom is -0.348 e. The second-order valence-electron chi connectivity index (χ2n) is 6.71. The molecule has 3 aromatic rings. The molecule has 6 nitrogen and oxygen atoms in total. The molecule has 0 aliphatic carbocycles. The zero-order valence-corrected chi connectivity index (χ0v) is 15.8. The number of benzene rings is 2. The van der Waals surface area contributed by atoms with E-state index in [9.17, 15) is 9.18 Å². The highest BCUT2D eigenvalue weighted by atomic mass is 19.1. The lowest BCUT2D eigenvalue weighted by atomic mass is 10.0. The van der Waals surface area contributed by atoms with Crippen LogP contribution in [0.1, 0.15) is 12.1 Å². The molecule has 3 N–H and O–H groups in total. The Morgan fingerprint density at radius 2 is 1.83 bits per heavy atom. The summed E-state index contributed by atoms with van der Waals surface area (Å²) in [5.41, 5.74) is 10.2. The average molecular weight is 389 g/mol. The predicted molar refractivity (Wildman–Crippen MR) is 112 cm³/mol. The fourth-order valence-electron chi connectivity index (χ4n) is 3.28. The molecule has 1 aromatic heterocycles. The number of aromatic nitrogens is 2. The standard InChI is InChI=1S/C22H20FN5O/c1-3-19(29)25-17-10-6-14(7-11-17)20-21(15-4-8-16(23)9-5-15)28-18(26-20)12-13-27(2)22(28)24/h3-13,22H,1,24H2,2H3,(H,25,29). The van der Waals surface area contributed by atoms with Gasteiger partial charge in [0.15, 0.2) is 6.29 Å². The smallest absolute Gasteiger partial charge is 0.247 e. The first-order valence-electron chi connectivity index (χ1n) is 9.05. The van der Waals surface area contributed by atoms with Crippen LogP contribution in [0.25, 0.3) is 28.6 Å². The van der Waals surface area contributed by atoms with Crippen molar-refractivity contribution < 1.29 is 9.18 Å². The predicted octanol–water partition coefficient (Wildman–Crippen LogP) is 3.81. The summed E-state index contributed by atoms with van der Waals surface area (Å²) >= 11 is 0. The van der Waals surface area contributed by atoms with Gasteiger partial charge in [0.25, 0.3) is 0 Å². The third-order valence-electron chi connectivity index (χ3n) is 4.81. The monoisotopic (exact) mass is 389 g/mol. The topological polar surface area (TPSA) is 76.2 Å². The number of hydrogen-bond donors (Lipinski definition) is 2. The quantitative estimate of drug-likeness (QED) is 0.666. The molecule has 146 valence electrons. The summed E-state index contributed by atoms with van der Waals surface area (Å²) in [5.74, 6) is 0.132. The summed E-state index contributed by atoms with van der Waals surface area (Å²) in [6, 6.07) is 13.6. The van der Waals surface area contributed by atoms with Crippen molar-refractivity contribution in [1.82, 2.24) is 14.5 Å². The van der Waals surface area contributed by atoms with Gasteiger partial charge >= 0.3 is 0 Å². The number of anilines is 1. The van der Waals surface area contributed by atoms with Crippen LogP contribution in [-0.4, -0.2) is 27.4 Å². The number of rotatable bonds is 4. The molecule has 2 aromatic carbocycles. The van der Waals surface area contributed by atoms with E-state index in [-0.39, 0.29) is 11.7 Å². The largest absolute Gasteiger partial charge is 0.348 e. The molecule has 7 heteroatoms. The first-order chi connectivity index (χ1) is 14.0. The molecule has 29 heavy (non-hydrogen) atoms. The lowest BCUT2D eigenvalue weighted by molar-refractivity contribution is -0.111. The van der Waals surface area contributed by atoms with E-state index in [1.165, 1.54) is 18.2 Å². The number of nitrogens with zero attached hydrogens (tertiary/aromatic N) is 3. The minimum absolute atomic E-state index is 0.277. The van der Waals surface area contributed by atoms with Crippen LogP contribution in [0.15, 0.2) is 67.4 Å². The second-order valence-corrected chi connectivity index (χ2v) is 6.71. The van der Waals surface area contributed by atoms with Gasteiger partial charge < -0.3 is 10.2 Å². The molecule has 0 bridgehead atoms. The summed E-state index contributed by atoms with van der Waals surface area (Å²) in [4.78, 5) is 18.2. The van der Waals surface area contributed by atoms with E-state index in [1.54, 1.807) is 24.3 Å². The van der Waals surface area contributed by atoms with Crippen molar-refractivity contribution in [3.05, 3.63) is 79.0 Å². The normalized spacial score (nSPS) is 15.1. The fourth-order valence-corrected chi connectivity index (χ4v) is 3.28. The van der Waals surface area contributed by atoms with Crippen LogP contribution in [0, 0.1) is 5.82 Å². The third-order valence-corrected chi connectivity index (χ3v) is 4.81. The van der Waals surface area contributed by atoms with Gasteiger partial charge in [-0.2, -0.15) is 0 Å². The Bertz CT molecular complexity index is 1100. The van der Waals surface area contributed by atoms with E-state index < -0.39 is 6.29 Å². The molecule has 0 spiro atoms. The van der Waals surface area contributed by atoms with Crippen LogP contribution in [0.3, 0.4) is 0 Å². The second kappa shape index (κ2) is 7.37. The van der Waals surface area contributed by atoms with Crippen LogP contribution in [0.5, 0.6) is 0 Å². The molecular formula is C22H20FN5O. The maximum atomic E-state index is 13.5. The molecule has 1 amide bonds. The summed E-state index contributed by atoms with van der Waals surface area (Å²) in [6.45, 7) is 3.45. The highest BCUT2D eigenvalue weighted by Crippen LogP contribution is 2.37. The molecule has 0 saturated carbocycles. The highest BCUT2D eigenvalue weighted by molar-refractivity contribution is 5.99. The Morgan fingerprint density at radius 1 is 1.17 bits per heavy atom. The number of fused-ring (bicyclic) bond motifs is 1. The van der Waals surface area contributed by atoms with Crippen molar-refractivity contribution in [3.63, 3.8) is 0 Å². The van der Waals surface area contributed by atoms with E-state index in [0.29, 0.717) is 11.5 Å². The van der Waals surface area contributed by atoms with Crippen molar-refractivity contribution in [2.45, 2.75) is 6.29 Å². The average Bonchev–Trinajstić information content (AvgIpc) is 3.12. The maximum Gasteiger partial charge on any atom is 0.247 e. The fraction of sp³-hybridized carbons (Fsp3) is 0.0909. The van der Waals surface area contributed by atoms with Crippen molar-refractivity contribution >= 4 is 17.7 Å². The molecule has 0 radical (unpaired) electrons. The summed E-state index contributed by atoms with van der Waals surface area (Å²) in [7, 11) is 1.88. The van der Waals surface area contributed by atoms with Gasteiger partial charge in [0.2, 0.25) is 5.91 Å². The lowest BCUT2D eigenvalue weighted by Crippen LogP contribution is -2.35. The Kier molecular flexibility index (Phi) is 4.74. The number of amides is 1. The number of hydrogen-bond acceptors (Lipinski definition) is 4.